The van der Waals surface area contributed by atoms with E-state index in [-0.39, 0.29) is 28.9 Å². The highest BCUT2D eigenvalue weighted by atomic mass is 16.5. The lowest BCUT2D eigenvalue weighted by Crippen LogP contribution is -2.51. The van der Waals surface area contributed by atoms with E-state index in [4.69, 9.17) is 18.9 Å². The van der Waals surface area contributed by atoms with Crippen molar-refractivity contribution in [1.82, 2.24) is 10.6 Å². The summed E-state index contributed by atoms with van der Waals surface area (Å²) >= 11 is 0. The fourth-order valence-corrected chi connectivity index (χ4v) is 5.79. The SMILES string of the molecule is CCC(C)C(Nc1ccc2c(cc1=O)C(NC(C)=O)CCc1cc(OC)c(OC)c(OC)c1-2)C(=O)NC(CC(C)C)C(=O)OC. The van der Waals surface area contributed by atoms with E-state index >= 15 is 0 Å². The van der Waals surface area contributed by atoms with Gasteiger partial charge in [-0.15, -0.1) is 0 Å². The number of ether oxygens (including phenoxy) is 4. The highest BCUT2D eigenvalue weighted by Crippen LogP contribution is 2.50. The highest BCUT2D eigenvalue weighted by Gasteiger charge is 2.32. The number of carbonyl (C=O) groups is 3. The Morgan fingerprint density at radius 2 is 1.67 bits per heavy atom. The van der Waals surface area contributed by atoms with Crippen LogP contribution in [0, 0.1) is 11.8 Å². The third-order valence-electron chi connectivity index (χ3n) is 8.23. The van der Waals surface area contributed by atoms with Gasteiger partial charge in [-0.1, -0.05) is 40.2 Å². The number of esters is 1. The average Bonchev–Trinajstić information content (AvgIpc) is 3.25. The fourth-order valence-electron chi connectivity index (χ4n) is 5.79. The lowest BCUT2D eigenvalue weighted by Gasteiger charge is -2.27. The molecule has 0 radical (unpaired) electrons. The molecular weight excluding hydrogens is 578 g/mol. The van der Waals surface area contributed by atoms with Gasteiger partial charge >= 0.3 is 5.97 Å². The molecule has 0 heterocycles. The summed E-state index contributed by atoms with van der Waals surface area (Å²) in [6.45, 7) is 9.21. The summed E-state index contributed by atoms with van der Waals surface area (Å²) in [5, 5.41) is 9.02. The Bertz CT molecular complexity index is 1460. The monoisotopic (exact) mass is 625 g/mol. The van der Waals surface area contributed by atoms with Crippen LogP contribution < -0.4 is 35.6 Å². The normalized spacial score (nSPS) is 15.7. The lowest BCUT2D eigenvalue weighted by molar-refractivity contribution is -0.145. The molecule has 1 aliphatic rings. The van der Waals surface area contributed by atoms with Gasteiger partial charge < -0.3 is 34.9 Å². The Morgan fingerprint density at radius 3 is 2.22 bits per heavy atom. The van der Waals surface area contributed by atoms with Crippen LogP contribution >= 0.6 is 0 Å². The Hall–Kier alpha value is -4.28. The number of hydrogen-bond donors (Lipinski definition) is 3. The van der Waals surface area contributed by atoms with Crippen molar-refractivity contribution in [2.75, 3.05) is 33.8 Å². The molecule has 1 aliphatic carbocycles. The van der Waals surface area contributed by atoms with Crippen LogP contribution in [0.4, 0.5) is 5.69 Å². The van der Waals surface area contributed by atoms with Crippen LogP contribution in [0.5, 0.6) is 17.2 Å². The zero-order valence-corrected chi connectivity index (χ0v) is 27.8. The molecule has 246 valence electrons. The number of benzene rings is 1. The maximum Gasteiger partial charge on any atom is 0.328 e. The largest absolute Gasteiger partial charge is 0.493 e. The molecule has 0 saturated heterocycles. The minimum atomic E-state index is -0.820. The number of hydrogen-bond acceptors (Lipinski definition) is 9. The summed E-state index contributed by atoms with van der Waals surface area (Å²) in [5.41, 5.74) is 2.76. The molecule has 0 spiro atoms. The van der Waals surface area contributed by atoms with Gasteiger partial charge in [-0.3, -0.25) is 14.4 Å². The molecule has 0 aliphatic heterocycles. The maximum atomic E-state index is 13.9. The quantitative estimate of drug-likeness (QED) is 0.276. The third-order valence-corrected chi connectivity index (χ3v) is 8.23. The highest BCUT2D eigenvalue weighted by molar-refractivity contribution is 5.90. The van der Waals surface area contributed by atoms with Gasteiger partial charge in [0.15, 0.2) is 11.5 Å². The van der Waals surface area contributed by atoms with Crippen molar-refractivity contribution >= 4 is 23.5 Å². The molecule has 11 nitrogen and oxygen atoms in total. The summed E-state index contributed by atoms with van der Waals surface area (Å²) in [7, 11) is 5.91. The van der Waals surface area contributed by atoms with E-state index in [0.717, 1.165) is 11.1 Å². The number of amides is 2. The smallest absolute Gasteiger partial charge is 0.328 e. The molecule has 0 saturated carbocycles. The first-order valence-electron chi connectivity index (χ1n) is 15.3. The first-order chi connectivity index (χ1) is 21.4. The van der Waals surface area contributed by atoms with Gasteiger partial charge in [0.05, 0.1) is 40.2 Å². The molecule has 2 aromatic carbocycles. The predicted octanol–water partition coefficient (Wildman–Crippen LogP) is 4.39. The number of aryl methyl sites for hydroxylation is 1. The second-order valence-electron chi connectivity index (χ2n) is 11.8. The number of carbonyl (C=O) groups excluding carboxylic acids is 3. The van der Waals surface area contributed by atoms with Crippen LogP contribution in [0.25, 0.3) is 11.1 Å². The van der Waals surface area contributed by atoms with Crippen molar-refractivity contribution in [2.24, 2.45) is 11.8 Å². The van der Waals surface area contributed by atoms with Crippen molar-refractivity contribution in [2.45, 2.75) is 78.4 Å². The third kappa shape index (κ3) is 8.06. The lowest BCUT2D eigenvalue weighted by atomic mass is 9.95. The Labute approximate surface area is 265 Å². The van der Waals surface area contributed by atoms with E-state index in [1.807, 2.05) is 33.8 Å². The second kappa shape index (κ2) is 15.6. The summed E-state index contributed by atoms with van der Waals surface area (Å²) in [6.07, 6.45) is 2.14. The van der Waals surface area contributed by atoms with Gasteiger partial charge in [-0.25, -0.2) is 4.79 Å². The molecule has 45 heavy (non-hydrogen) atoms. The molecule has 3 N–H and O–H groups in total. The van der Waals surface area contributed by atoms with Gasteiger partial charge in [0.2, 0.25) is 23.0 Å². The van der Waals surface area contributed by atoms with Crippen molar-refractivity contribution in [3.8, 4) is 28.4 Å². The van der Waals surface area contributed by atoms with E-state index < -0.39 is 30.0 Å². The van der Waals surface area contributed by atoms with Crippen LogP contribution in [0.1, 0.15) is 71.0 Å². The zero-order chi connectivity index (χ0) is 33.4. The molecule has 0 fully saturated rings. The van der Waals surface area contributed by atoms with E-state index in [9.17, 15) is 19.2 Å². The fraction of sp³-hybridized carbons (Fsp3) is 0.529. The van der Waals surface area contributed by atoms with Gasteiger partial charge in [0.25, 0.3) is 0 Å². The molecule has 4 atom stereocenters. The molecule has 2 aromatic rings. The molecule has 4 unspecified atom stereocenters. The second-order valence-corrected chi connectivity index (χ2v) is 11.8. The Morgan fingerprint density at radius 1 is 0.978 bits per heavy atom. The first-order valence-corrected chi connectivity index (χ1v) is 15.3. The minimum Gasteiger partial charge on any atom is -0.493 e. The van der Waals surface area contributed by atoms with E-state index in [2.05, 4.69) is 16.0 Å². The van der Waals surface area contributed by atoms with Crippen molar-refractivity contribution in [3.05, 3.63) is 45.6 Å². The molecule has 0 aromatic heterocycles. The van der Waals surface area contributed by atoms with Crippen LogP contribution in [-0.4, -0.2) is 58.3 Å². The Balaban J connectivity index is 2.19. The van der Waals surface area contributed by atoms with Gasteiger partial charge in [-0.05, 0) is 66.0 Å². The molecular formula is C34H47N3O8. The predicted molar refractivity (Wildman–Crippen MR) is 173 cm³/mol. The van der Waals surface area contributed by atoms with Crippen LogP contribution in [0.3, 0.4) is 0 Å². The van der Waals surface area contributed by atoms with E-state index in [0.29, 0.717) is 54.1 Å². The van der Waals surface area contributed by atoms with Crippen LogP contribution in [0.15, 0.2) is 29.1 Å². The summed E-state index contributed by atoms with van der Waals surface area (Å²) < 4.78 is 22.0. The summed E-state index contributed by atoms with van der Waals surface area (Å²) in [5.74, 6) is 0.142. The first kappa shape index (κ1) is 35.2. The minimum absolute atomic E-state index is 0.135. The number of nitrogens with one attached hydrogen (secondary N) is 3. The summed E-state index contributed by atoms with van der Waals surface area (Å²) in [4.78, 5) is 52.2. The van der Waals surface area contributed by atoms with Crippen molar-refractivity contribution < 1.29 is 33.3 Å². The molecule has 0 bridgehead atoms. The van der Waals surface area contributed by atoms with E-state index in [1.54, 1.807) is 26.4 Å². The van der Waals surface area contributed by atoms with Crippen molar-refractivity contribution in [1.29, 1.82) is 0 Å². The van der Waals surface area contributed by atoms with Gasteiger partial charge in [0.1, 0.15) is 12.1 Å². The van der Waals surface area contributed by atoms with Gasteiger partial charge in [0, 0.05) is 12.5 Å². The molecule has 11 heteroatoms. The number of fused-ring (bicyclic) bond motifs is 3. The van der Waals surface area contributed by atoms with Gasteiger partial charge in [-0.2, -0.15) is 0 Å². The van der Waals surface area contributed by atoms with Crippen molar-refractivity contribution in [3.63, 3.8) is 0 Å². The summed E-state index contributed by atoms with van der Waals surface area (Å²) in [6, 6.07) is 4.73. The van der Waals surface area contributed by atoms with Crippen LogP contribution in [-0.2, 0) is 25.5 Å². The maximum absolute atomic E-state index is 13.9. The zero-order valence-electron chi connectivity index (χ0n) is 27.8. The topological polar surface area (TPSA) is 141 Å². The number of anilines is 1. The number of methoxy groups -OCH3 is 4. The molecule has 2 amide bonds. The van der Waals surface area contributed by atoms with Crippen LogP contribution in [0.2, 0.25) is 0 Å². The molecule has 3 rings (SSSR count). The van der Waals surface area contributed by atoms with E-state index in [1.165, 1.54) is 27.2 Å². The Kier molecular flexibility index (Phi) is 12.2. The number of rotatable bonds is 13. The standard InChI is InChI=1S/C34H47N3O8/c1-10-19(4)30(33(40)37-26(15-18(2)3)34(41)45-9)36-25-14-12-22-23(17-27(25)39)24(35-20(5)38)13-11-21-16-28(42-6)31(43-7)32(44-8)29(21)22/h12,14,16-19,24,26,30H,10-11,13,15H2,1-9H3,(H,35,38)(H,36,39)(H,37,40). The average molecular weight is 626 g/mol.